The van der Waals surface area contributed by atoms with Crippen LogP contribution >= 0.6 is 0 Å². The summed E-state index contributed by atoms with van der Waals surface area (Å²) in [6.07, 6.45) is 0.438. The van der Waals surface area contributed by atoms with Crippen molar-refractivity contribution < 1.29 is 13.9 Å². The molecule has 0 aliphatic carbocycles. The van der Waals surface area contributed by atoms with E-state index < -0.39 is 5.82 Å². The Kier molecular flexibility index (Phi) is 2.45. The first kappa shape index (κ1) is 9.76. The van der Waals surface area contributed by atoms with Gasteiger partial charge in [0.25, 0.3) is 0 Å². The van der Waals surface area contributed by atoms with Crippen molar-refractivity contribution in [3.05, 3.63) is 24.0 Å². The third-order valence-electron chi connectivity index (χ3n) is 2.27. The van der Waals surface area contributed by atoms with Crippen LogP contribution in [0, 0.1) is 5.82 Å². The molecule has 1 aliphatic rings. The Labute approximate surface area is 86.6 Å². The fraction of sp³-hybridized carbons (Fsp3) is 0.300. The average molecular weight is 210 g/mol. The molecule has 1 heterocycles. The number of rotatable bonds is 2. The zero-order valence-electron chi connectivity index (χ0n) is 8.29. The van der Waals surface area contributed by atoms with Crippen molar-refractivity contribution >= 4 is 11.6 Å². The molecule has 1 N–H and O–H groups in total. The zero-order chi connectivity index (χ0) is 10.8. The minimum Gasteiger partial charge on any atom is -0.494 e. The number of nitrogens with one attached hydrogen (secondary N) is 1. The summed E-state index contributed by atoms with van der Waals surface area (Å²) in [7, 11) is 1.41. The first-order chi connectivity index (χ1) is 7.20. The van der Waals surface area contributed by atoms with Crippen LogP contribution in [-0.2, 0) is 4.79 Å². The summed E-state index contributed by atoms with van der Waals surface area (Å²) in [4.78, 5) is 11.0. The Morgan fingerprint density at radius 1 is 1.53 bits per heavy atom. The number of ether oxygens (including phenoxy) is 1. The van der Waals surface area contributed by atoms with Crippen LogP contribution in [0.25, 0.3) is 0 Å². The van der Waals surface area contributed by atoms with E-state index in [9.17, 15) is 9.18 Å². The van der Waals surface area contributed by atoms with E-state index in [0.717, 1.165) is 0 Å². The lowest BCUT2D eigenvalue weighted by Crippen LogP contribution is -2.32. The second-order valence-electron chi connectivity index (χ2n) is 3.26. The summed E-state index contributed by atoms with van der Waals surface area (Å²) in [6.45, 7) is 0.560. The van der Waals surface area contributed by atoms with Crippen LogP contribution in [0.4, 0.5) is 10.1 Å². The standard InChI is InChI=1S/C10H11FN2O2/c1-15-9-3-2-7(6-8(9)11)13-5-4-10(14)12-13/h2-3,6H,4-5H2,1H3,(H,12,14). The maximum atomic E-state index is 13.3. The molecule has 0 radical (unpaired) electrons. The molecule has 0 atom stereocenters. The highest BCUT2D eigenvalue weighted by molar-refractivity contribution is 5.81. The van der Waals surface area contributed by atoms with Crippen LogP contribution in [0.1, 0.15) is 6.42 Å². The third kappa shape index (κ3) is 1.86. The van der Waals surface area contributed by atoms with Gasteiger partial charge >= 0.3 is 0 Å². The molecule has 1 amide bonds. The molecule has 1 aliphatic heterocycles. The molecule has 5 heteroatoms. The van der Waals surface area contributed by atoms with Gasteiger partial charge in [0.2, 0.25) is 5.91 Å². The number of hydrogen-bond acceptors (Lipinski definition) is 3. The molecule has 1 aromatic rings. The number of hydrazine groups is 1. The molecule has 80 valence electrons. The molecular weight excluding hydrogens is 199 g/mol. The lowest BCUT2D eigenvalue weighted by Gasteiger charge is -2.17. The van der Waals surface area contributed by atoms with E-state index in [0.29, 0.717) is 18.7 Å². The molecule has 0 unspecified atom stereocenters. The summed E-state index contributed by atoms with van der Waals surface area (Å²) in [6, 6.07) is 4.58. The molecule has 0 spiro atoms. The van der Waals surface area contributed by atoms with E-state index in [4.69, 9.17) is 4.74 Å². The van der Waals surface area contributed by atoms with Gasteiger partial charge in [-0.3, -0.25) is 15.2 Å². The molecule has 15 heavy (non-hydrogen) atoms. The number of halogens is 1. The number of amides is 1. The number of nitrogens with zero attached hydrogens (tertiary/aromatic N) is 1. The van der Waals surface area contributed by atoms with Crippen molar-refractivity contribution in [2.45, 2.75) is 6.42 Å². The molecular formula is C10H11FN2O2. The largest absolute Gasteiger partial charge is 0.494 e. The highest BCUT2D eigenvalue weighted by Crippen LogP contribution is 2.23. The van der Waals surface area contributed by atoms with E-state index in [1.165, 1.54) is 19.2 Å². The SMILES string of the molecule is COc1ccc(N2CCC(=O)N2)cc1F. The van der Waals surface area contributed by atoms with E-state index in [1.54, 1.807) is 11.1 Å². The van der Waals surface area contributed by atoms with Crippen LogP contribution in [0.3, 0.4) is 0 Å². The number of methoxy groups -OCH3 is 1. The van der Waals surface area contributed by atoms with E-state index in [1.807, 2.05) is 0 Å². The molecule has 0 saturated carbocycles. The number of benzene rings is 1. The lowest BCUT2D eigenvalue weighted by atomic mass is 10.3. The minimum absolute atomic E-state index is 0.0498. The van der Waals surface area contributed by atoms with Crippen molar-refractivity contribution in [2.24, 2.45) is 0 Å². The smallest absolute Gasteiger partial charge is 0.240 e. The summed E-state index contributed by atoms with van der Waals surface area (Å²) in [5.74, 6) is -0.286. The highest BCUT2D eigenvalue weighted by atomic mass is 19.1. The monoisotopic (exact) mass is 210 g/mol. The fourth-order valence-corrected chi connectivity index (χ4v) is 1.49. The van der Waals surface area contributed by atoms with Crippen molar-refractivity contribution in [3.63, 3.8) is 0 Å². The number of carbonyl (C=O) groups excluding carboxylic acids is 1. The van der Waals surface area contributed by atoms with Crippen LogP contribution in [0.15, 0.2) is 18.2 Å². The summed E-state index contributed by atoms with van der Waals surface area (Å²) >= 11 is 0. The van der Waals surface area contributed by atoms with Crippen molar-refractivity contribution in [1.82, 2.24) is 5.43 Å². The van der Waals surface area contributed by atoms with Gasteiger partial charge < -0.3 is 4.74 Å². The van der Waals surface area contributed by atoms with Crippen LogP contribution in [0.5, 0.6) is 5.75 Å². The maximum Gasteiger partial charge on any atom is 0.240 e. The van der Waals surface area contributed by atoms with Gasteiger partial charge in [-0.2, -0.15) is 0 Å². The van der Waals surface area contributed by atoms with Gasteiger partial charge in [-0.15, -0.1) is 0 Å². The van der Waals surface area contributed by atoms with Gasteiger partial charge in [0, 0.05) is 19.0 Å². The van der Waals surface area contributed by atoms with Gasteiger partial charge in [-0.1, -0.05) is 0 Å². The van der Waals surface area contributed by atoms with Crippen LogP contribution < -0.4 is 15.2 Å². The third-order valence-corrected chi connectivity index (χ3v) is 2.27. The Bertz CT molecular complexity index is 395. The summed E-state index contributed by atoms with van der Waals surface area (Å²) < 4.78 is 18.1. The van der Waals surface area contributed by atoms with Crippen molar-refractivity contribution in [1.29, 1.82) is 0 Å². The van der Waals surface area contributed by atoms with Crippen molar-refractivity contribution in [2.75, 3.05) is 18.7 Å². The fourth-order valence-electron chi connectivity index (χ4n) is 1.49. The van der Waals surface area contributed by atoms with Gasteiger partial charge in [-0.25, -0.2) is 4.39 Å². The van der Waals surface area contributed by atoms with E-state index in [-0.39, 0.29) is 11.7 Å². The van der Waals surface area contributed by atoms with Crippen LogP contribution in [0.2, 0.25) is 0 Å². The highest BCUT2D eigenvalue weighted by Gasteiger charge is 2.19. The van der Waals surface area contributed by atoms with Gasteiger partial charge in [-0.05, 0) is 12.1 Å². The Hall–Kier alpha value is -1.78. The van der Waals surface area contributed by atoms with Gasteiger partial charge in [0.05, 0.1) is 12.8 Å². The average Bonchev–Trinajstić information content (AvgIpc) is 2.65. The summed E-state index contributed by atoms with van der Waals surface area (Å²) in [5.41, 5.74) is 3.25. The molecule has 4 nitrogen and oxygen atoms in total. The number of anilines is 1. The zero-order valence-corrected chi connectivity index (χ0v) is 8.29. The second kappa shape index (κ2) is 3.76. The first-order valence-corrected chi connectivity index (χ1v) is 4.61. The lowest BCUT2D eigenvalue weighted by molar-refractivity contribution is -0.119. The molecule has 1 saturated heterocycles. The topological polar surface area (TPSA) is 41.6 Å². The Balaban J connectivity index is 2.22. The Morgan fingerprint density at radius 2 is 2.33 bits per heavy atom. The molecule has 0 aromatic heterocycles. The maximum absolute atomic E-state index is 13.3. The van der Waals surface area contributed by atoms with E-state index in [2.05, 4.69) is 5.43 Å². The predicted molar refractivity (Wildman–Crippen MR) is 53.1 cm³/mol. The number of carbonyl (C=O) groups is 1. The number of hydrogen-bond donors (Lipinski definition) is 1. The predicted octanol–water partition coefficient (Wildman–Crippen LogP) is 1.08. The van der Waals surface area contributed by atoms with Crippen molar-refractivity contribution in [3.8, 4) is 5.75 Å². The van der Waals surface area contributed by atoms with Crippen LogP contribution in [-0.4, -0.2) is 19.6 Å². The summed E-state index contributed by atoms with van der Waals surface area (Å²) in [5, 5.41) is 1.62. The minimum atomic E-state index is -0.434. The molecule has 1 fully saturated rings. The molecule has 2 rings (SSSR count). The Morgan fingerprint density at radius 3 is 2.87 bits per heavy atom. The normalized spacial score (nSPS) is 15.3. The quantitative estimate of drug-likeness (QED) is 0.794. The van der Waals surface area contributed by atoms with E-state index >= 15 is 0 Å². The molecule has 0 bridgehead atoms. The first-order valence-electron chi connectivity index (χ1n) is 4.61. The second-order valence-corrected chi connectivity index (χ2v) is 3.26. The van der Waals surface area contributed by atoms with Gasteiger partial charge in [0.15, 0.2) is 11.6 Å². The van der Waals surface area contributed by atoms with Gasteiger partial charge in [0.1, 0.15) is 0 Å². The molecule has 1 aromatic carbocycles.